The standard InChI is InChI=1S/C23H30N2O6S/c1-3-25(18-8-5-4-6-9-18)32(27,28)20-11-12-22(29-2)21(16-20)24-23(26)13-15-30-17-19-10-7-14-31-19/h4-6,8-9,11-12,16,19H,3,7,10,13-15,17H2,1-2H3,(H,24,26). The molecule has 9 heteroatoms. The fourth-order valence-corrected chi connectivity index (χ4v) is 5.03. The van der Waals surface area contributed by atoms with E-state index < -0.39 is 10.0 Å². The Morgan fingerprint density at radius 3 is 2.66 bits per heavy atom. The minimum absolute atomic E-state index is 0.0638. The predicted octanol–water partition coefficient (Wildman–Crippen LogP) is 3.43. The van der Waals surface area contributed by atoms with E-state index in [0.29, 0.717) is 23.7 Å². The molecule has 1 aliphatic rings. The molecule has 32 heavy (non-hydrogen) atoms. The first kappa shape index (κ1) is 24.0. The first-order valence-corrected chi connectivity index (χ1v) is 12.1. The summed E-state index contributed by atoms with van der Waals surface area (Å²) >= 11 is 0. The number of nitrogens with one attached hydrogen (secondary N) is 1. The number of anilines is 2. The number of hydrogen-bond donors (Lipinski definition) is 1. The maximum absolute atomic E-state index is 13.3. The Labute approximate surface area is 189 Å². The molecule has 1 atom stereocenters. The molecular weight excluding hydrogens is 432 g/mol. The van der Waals surface area contributed by atoms with E-state index in [9.17, 15) is 13.2 Å². The molecule has 0 spiro atoms. The van der Waals surface area contributed by atoms with Gasteiger partial charge in [0.1, 0.15) is 5.75 Å². The van der Waals surface area contributed by atoms with Gasteiger partial charge in [-0.2, -0.15) is 0 Å². The van der Waals surface area contributed by atoms with Crippen LogP contribution in [-0.4, -0.2) is 53.9 Å². The van der Waals surface area contributed by atoms with Crippen LogP contribution in [0.1, 0.15) is 26.2 Å². The van der Waals surface area contributed by atoms with E-state index >= 15 is 0 Å². The van der Waals surface area contributed by atoms with Crippen LogP contribution in [0.5, 0.6) is 5.75 Å². The molecule has 0 saturated carbocycles. The Morgan fingerprint density at radius 1 is 1.22 bits per heavy atom. The van der Waals surface area contributed by atoms with Crippen molar-refractivity contribution in [2.45, 2.75) is 37.2 Å². The zero-order valence-corrected chi connectivity index (χ0v) is 19.3. The van der Waals surface area contributed by atoms with Crippen molar-refractivity contribution in [3.63, 3.8) is 0 Å². The van der Waals surface area contributed by atoms with E-state index in [1.165, 1.54) is 29.6 Å². The Bertz CT molecular complexity index is 991. The molecule has 3 rings (SSSR count). The van der Waals surface area contributed by atoms with Crippen molar-refractivity contribution < 1.29 is 27.4 Å². The SMILES string of the molecule is CCN(c1ccccc1)S(=O)(=O)c1ccc(OC)c(NC(=O)CCOCC2CCCO2)c1. The molecule has 1 fully saturated rings. The number of ether oxygens (including phenoxy) is 3. The molecule has 0 aromatic heterocycles. The highest BCUT2D eigenvalue weighted by Gasteiger charge is 2.25. The molecule has 1 saturated heterocycles. The zero-order chi connectivity index (χ0) is 23.0. The van der Waals surface area contributed by atoms with Crippen LogP contribution in [0, 0.1) is 0 Å². The third-order valence-electron chi connectivity index (χ3n) is 5.17. The lowest BCUT2D eigenvalue weighted by Gasteiger charge is -2.23. The highest BCUT2D eigenvalue weighted by molar-refractivity contribution is 7.92. The van der Waals surface area contributed by atoms with Gasteiger partial charge < -0.3 is 19.5 Å². The number of methoxy groups -OCH3 is 1. The first-order chi connectivity index (χ1) is 15.5. The smallest absolute Gasteiger partial charge is 0.264 e. The average Bonchev–Trinajstić information content (AvgIpc) is 3.31. The molecule has 1 amide bonds. The molecule has 2 aromatic carbocycles. The summed E-state index contributed by atoms with van der Waals surface area (Å²) in [5, 5.41) is 2.74. The second-order valence-corrected chi connectivity index (χ2v) is 9.24. The van der Waals surface area contributed by atoms with Gasteiger partial charge in [0.25, 0.3) is 10.0 Å². The van der Waals surface area contributed by atoms with Crippen molar-refractivity contribution >= 4 is 27.3 Å². The van der Waals surface area contributed by atoms with E-state index in [0.717, 1.165) is 19.4 Å². The lowest BCUT2D eigenvalue weighted by Crippen LogP contribution is -2.30. The van der Waals surface area contributed by atoms with Gasteiger partial charge in [-0.3, -0.25) is 9.10 Å². The summed E-state index contributed by atoms with van der Waals surface area (Å²) in [6, 6.07) is 13.3. The van der Waals surface area contributed by atoms with E-state index in [1.54, 1.807) is 31.2 Å². The van der Waals surface area contributed by atoms with E-state index in [-0.39, 0.29) is 36.5 Å². The van der Waals surface area contributed by atoms with Crippen LogP contribution in [0.25, 0.3) is 0 Å². The molecule has 1 N–H and O–H groups in total. The van der Waals surface area contributed by atoms with Crippen LogP contribution in [0.3, 0.4) is 0 Å². The Kier molecular flexibility index (Phi) is 8.49. The number of nitrogens with zero attached hydrogens (tertiary/aromatic N) is 1. The summed E-state index contributed by atoms with van der Waals surface area (Å²) in [4.78, 5) is 12.5. The fourth-order valence-electron chi connectivity index (χ4n) is 3.53. The maximum Gasteiger partial charge on any atom is 0.264 e. The van der Waals surface area contributed by atoms with Crippen LogP contribution in [0.2, 0.25) is 0 Å². The molecule has 0 aliphatic carbocycles. The van der Waals surface area contributed by atoms with Crippen molar-refractivity contribution in [1.29, 1.82) is 0 Å². The summed E-state index contributed by atoms with van der Waals surface area (Å²) < 4.78 is 44.2. The van der Waals surface area contributed by atoms with Gasteiger partial charge in [0.05, 0.1) is 49.1 Å². The van der Waals surface area contributed by atoms with Gasteiger partial charge in [0, 0.05) is 13.2 Å². The summed E-state index contributed by atoms with van der Waals surface area (Å²) in [7, 11) is -2.37. The average molecular weight is 463 g/mol. The van der Waals surface area contributed by atoms with Crippen molar-refractivity contribution in [2.75, 3.05) is 43.1 Å². The number of carbonyl (C=O) groups excluding carboxylic acids is 1. The Hall–Kier alpha value is -2.62. The lowest BCUT2D eigenvalue weighted by atomic mass is 10.2. The topological polar surface area (TPSA) is 94.2 Å². The Balaban J connectivity index is 1.69. The van der Waals surface area contributed by atoms with Crippen molar-refractivity contribution in [1.82, 2.24) is 0 Å². The number of amides is 1. The van der Waals surface area contributed by atoms with E-state index in [1.807, 2.05) is 6.07 Å². The van der Waals surface area contributed by atoms with Gasteiger partial charge in [0.15, 0.2) is 0 Å². The van der Waals surface area contributed by atoms with Gasteiger partial charge in [-0.25, -0.2) is 8.42 Å². The first-order valence-electron chi connectivity index (χ1n) is 10.7. The second kappa shape index (κ2) is 11.3. The molecular formula is C23H30N2O6S. The molecule has 174 valence electrons. The van der Waals surface area contributed by atoms with Crippen LogP contribution < -0.4 is 14.4 Å². The third kappa shape index (κ3) is 5.99. The normalized spacial score (nSPS) is 16.0. The van der Waals surface area contributed by atoms with Crippen molar-refractivity contribution in [2.24, 2.45) is 0 Å². The van der Waals surface area contributed by atoms with Gasteiger partial charge in [-0.05, 0) is 50.1 Å². The molecule has 8 nitrogen and oxygen atoms in total. The predicted molar refractivity (Wildman–Crippen MR) is 123 cm³/mol. The molecule has 1 unspecified atom stereocenters. The highest BCUT2D eigenvalue weighted by atomic mass is 32.2. The molecule has 1 aliphatic heterocycles. The fraction of sp³-hybridized carbons (Fsp3) is 0.435. The van der Waals surface area contributed by atoms with Gasteiger partial charge in [0.2, 0.25) is 5.91 Å². The number of rotatable bonds is 11. The quantitative estimate of drug-likeness (QED) is 0.514. The summed E-state index contributed by atoms with van der Waals surface area (Å²) in [6.45, 7) is 3.52. The van der Waals surface area contributed by atoms with Gasteiger partial charge in [-0.15, -0.1) is 0 Å². The monoisotopic (exact) mass is 462 g/mol. The summed E-state index contributed by atoms with van der Waals surface area (Å²) in [5.41, 5.74) is 0.863. The largest absolute Gasteiger partial charge is 0.495 e. The van der Waals surface area contributed by atoms with Gasteiger partial charge >= 0.3 is 0 Å². The minimum atomic E-state index is -3.83. The minimum Gasteiger partial charge on any atom is -0.495 e. The molecule has 0 bridgehead atoms. The third-order valence-corrected chi connectivity index (χ3v) is 7.06. The molecule has 2 aromatic rings. The van der Waals surface area contributed by atoms with Crippen LogP contribution in [-0.2, 0) is 24.3 Å². The van der Waals surface area contributed by atoms with Crippen LogP contribution in [0.15, 0.2) is 53.4 Å². The van der Waals surface area contributed by atoms with Crippen molar-refractivity contribution in [3.8, 4) is 5.75 Å². The maximum atomic E-state index is 13.3. The van der Waals surface area contributed by atoms with E-state index in [2.05, 4.69) is 5.32 Å². The highest BCUT2D eigenvalue weighted by Crippen LogP contribution is 2.30. The Morgan fingerprint density at radius 2 is 2.00 bits per heavy atom. The summed E-state index contributed by atoms with van der Waals surface area (Å²) in [6.07, 6.45) is 2.25. The number of benzene rings is 2. The number of hydrogen-bond acceptors (Lipinski definition) is 6. The number of carbonyl (C=O) groups is 1. The summed E-state index contributed by atoms with van der Waals surface area (Å²) in [5.74, 6) is 0.0842. The van der Waals surface area contributed by atoms with Gasteiger partial charge in [-0.1, -0.05) is 18.2 Å². The zero-order valence-electron chi connectivity index (χ0n) is 18.5. The second-order valence-electron chi connectivity index (χ2n) is 7.38. The van der Waals surface area contributed by atoms with Crippen LogP contribution >= 0.6 is 0 Å². The number of para-hydroxylation sites is 1. The lowest BCUT2D eigenvalue weighted by molar-refractivity contribution is -0.117. The van der Waals surface area contributed by atoms with Crippen LogP contribution in [0.4, 0.5) is 11.4 Å². The number of sulfonamides is 1. The van der Waals surface area contributed by atoms with E-state index in [4.69, 9.17) is 14.2 Å². The molecule has 0 radical (unpaired) electrons. The molecule has 1 heterocycles. The van der Waals surface area contributed by atoms with Crippen molar-refractivity contribution in [3.05, 3.63) is 48.5 Å².